The van der Waals surface area contributed by atoms with Gasteiger partial charge in [-0.1, -0.05) is 26.0 Å². The summed E-state index contributed by atoms with van der Waals surface area (Å²) in [5, 5.41) is 11.7. The number of thiazole rings is 1. The average molecular weight is 493 g/mol. The van der Waals surface area contributed by atoms with Gasteiger partial charge >= 0.3 is 0 Å². The number of Topliss-reactive ketones (excluding diaryl/α,β-unsaturated/α-hetero) is 1. The Morgan fingerprint density at radius 3 is 2.26 bits per heavy atom. The molecule has 1 N–H and O–H groups in total. The van der Waals surface area contributed by atoms with E-state index in [0.29, 0.717) is 45.8 Å². The largest absolute Gasteiger partial charge is 0.503 e. The number of carbonyl (C=O) groups excluding carboxylic acids is 2. The zero-order valence-electron chi connectivity index (χ0n) is 20.4. The van der Waals surface area contributed by atoms with E-state index in [1.54, 1.807) is 62.6 Å². The van der Waals surface area contributed by atoms with Crippen molar-refractivity contribution in [1.82, 2.24) is 4.98 Å². The first-order valence-electron chi connectivity index (χ1n) is 11.3. The molecule has 7 nitrogen and oxygen atoms in total. The number of aliphatic hydroxyl groups is 1. The molecular weight excluding hydrogens is 464 g/mol. The summed E-state index contributed by atoms with van der Waals surface area (Å²) in [6, 6.07) is 13.4. The zero-order valence-corrected chi connectivity index (χ0v) is 21.2. The molecule has 0 fully saturated rings. The number of nitrogens with zero attached hydrogens (tertiary/aromatic N) is 2. The van der Waals surface area contributed by atoms with E-state index in [2.05, 4.69) is 18.8 Å². The van der Waals surface area contributed by atoms with Gasteiger partial charge in [0.15, 0.2) is 5.76 Å². The predicted octanol–water partition coefficient (Wildman–Crippen LogP) is 5.59. The molecule has 1 amide bonds. The number of hydrogen-bond acceptors (Lipinski definition) is 7. The Balaban J connectivity index is 1.78. The van der Waals surface area contributed by atoms with Gasteiger partial charge in [0.05, 0.1) is 40.9 Å². The maximum Gasteiger partial charge on any atom is 0.294 e. The first-order chi connectivity index (χ1) is 16.7. The second-order valence-corrected chi connectivity index (χ2v) is 9.99. The van der Waals surface area contributed by atoms with E-state index in [0.717, 1.165) is 5.01 Å². The van der Waals surface area contributed by atoms with E-state index in [1.807, 2.05) is 6.92 Å². The van der Waals surface area contributed by atoms with Crippen molar-refractivity contribution in [3.63, 3.8) is 0 Å². The van der Waals surface area contributed by atoms with Gasteiger partial charge in [-0.3, -0.25) is 14.5 Å². The Kier molecular flexibility index (Phi) is 6.93. The summed E-state index contributed by atoms with van der Waals surface area (Å²) in [7, 11) is 1.57. The number of ether oxygens (including phenoxy) is 2. The molecule has 1 unspecified atom stereocenters. The number of benzene rings is 2. The van der Waals surface area contributed by atoms with E-state index in [-0.39, 0.29) is 5.57 Å². The number of aryl methyl sites for hydroxylation is 2. The minimum atomic E-state index is -0.815. The van der Waals surface area contributed by atoms with Crippen LogP contribution in [0.4, 0.5) is 5.69 Å². The van der Waals surface area contributed by atoms with Gasteiger partial charge in [-0.2, -0.15) is 0 Å². The maximum absolute atomic E-state index is 13.7. The first kappa shape index (κ1) is 24.5. The van der Waals surface area contributed by atoms with Crippen molar-refractivity contribution in [3.05, 3.63) is 81.0 Å². The number of anilines is 1. The van der Waals surface area contributed by atoms with E-state index < -0.39 is 23.5 Å². The van der Waals surface area contributed by atoms with Gasteiger partial charge in [-0.25, -0.2) is 4.98 Å². The fraction of sp³-hybridized carbons (Fsp3) is 0.296. The molecule has 35 heavy (non-hydrogen) atoms. The lowest BCUT2D eigenvalue weighted by atomic mass is 9.94. The van der Waals surface area contributed by atoms with E-state index in [9.17, 15) is 14.7 Å². The van der Waals surface area contributed by atoms with Crippen molar-refractivity contribution >= 4 is 28.7 Å². The van der Waals surface area contributed by atoms with Crippen LogP contribution in [0.25, 0.3) is 0 Å². The van der Waals surface area contributed by atoms with Gasteiger partial charge in [-0.05, 0) is 61.7 Å². The summed E-state index contributed by atoms with van der Waals surface area (Å²) in [6.45, 7) is 8.27. The van der Waals surface area contributed by atoms with Gasteiger partial charge in [0.2, 0.25) is 5.78 Å². The molecule has 3 aromatic rings. The molecule has 0 saturated carbocycles. The lowest BCUT2D eigenvalue weighted by Gasteiger charge is -2.27. The SMILES string of the molecule is COc1ccc(C2C(C(=O)c3sc(C)nc3C)=C(O)C(=O)N2c2ccc(OCC(C)C)cc2)cc1. The first-order valence-corrected chi connectivity index (χ1v) is 12.1. The Morgan fingerprint density at radius 1 is 1.09 bits per heavy atom. The van der Waals surface area contributed by atoms with Crippen LogP contribution in [0.2, 0.25) is 0 Å². The lowest BCUT2D eigenvalue weighted by molar-refractivity contribution is -0.117. The third-order valence-corrected chi connectivity index (χ3v) is 6.76. The van der Waals surface area contributed by atoms with Crippen LogP contribution in [0, 0.1) is 19.8 Å². The molecule has 1 aromatic heterocycles. The minimum absolute atomic E-state index is 0.0343. The molecule has 8 heteroatoms. The molecule has 1 atom stereocenters. The summed E-state index contributed by atoms with van der Waals surface area (Å²) < 4.78 is 11.0. The highest BCUT2D eigenvalue weighted by molar-refractivity contribution is 7.14. The van der Waals surface area contributed by atoms with Gasteiger partial charge in [0.25, 0.3) is 5.91 Å². The highest BCUT2D eigenvalue weighted by Gasteiger charge is 2.45. The molecule has 0 aliphatic carbocycles. The number of methoxy groups -OCH3 is 1. The number of ketones is 1. The third kappa shape index (κ3) is 4.79. The molecule has 1 aliphatic heterocycles. The van der Waals surface area contributed by atoms with Crippen LogP contribution >= 0.6 is 11.3 Å². The second-order valence-electron chi connectivity index (χ2n) is 8.79. The van der Waals surface area contributed by atoms with E-state index in [4.69, 9.17) is 9.47 Å². The molecule has 4 rings (SSSR count). The van der Waals surface area contributed by atoms with E-state index in [1.165, 1.54) is 16.2 Å². The van der Waals surface area contributed by atoms with E-state index >= 15 is 0 Å². The van der Waals surface area contributed by atoms with Gasteiger partial charge < -0.3 is 14.6 Å². The molecule has 0 saturated heterocycles. The summed E-state index contributed by atoms with van der Waals surface area (Å²) in [5.41, 5.74) is 1.82. The van der Waals surface area contributed by atoms with Crippen LogP contribution in [0.3, 0.4) is 0 Å². The number of hydrogen-bond donors (Lipinski definition) is 1. The fourth-order valence-corrected chi connectivity index (χ4v) is 4.91. The zero-order chi connectivity index (χ0) is 25.3. The van der Waals surface area contributed by atoms with Gasteiger partial charge in [0.1, 0.15) is 11.5 Å². The topological polar surface area (TPSA) is 89.0 Å². The number of rotatable bonds is 8. The van der Waals surface area contributed by atoms with Crippen LogP contribution < -0.4 is 14.4 Å². The van der Waals surface area contributed by atoms with Crippen molar-refractivity contribution in [2.24, 2.45) is 5.92 Å². The number of amides is 1. The molecule has 2 aromatic carbocycles. The molecule has 0 bridgehead atoms. The molecule has 2 heterocycles. The minimum Gasteiger partial charge on any atom is -0.503 e. The quantitative estimate of drug-likeness (QED) is 0.413. The average Bonchev–Trinajstić information content (AvgIpc) is 3.32. The Labute approximate surface area is 208 Å². The second kappa shape index (κ2) is 9.92. The normalized spacial score (nSPS) is 15.8. The molecule has 182 valence electrons. The fourth-order valence-electron chi connectivity index (χ4n) is 4.04. The lowest BCUT2D eigenvalue weighted by Crippen LogP contribution is -2.31. The number of carbonyl (C=O) groups is 2. The Morgan fingerprint density at radius 2 is 1.71 bits per heavy atom. The van der Waals surface area contributed by atoms with Gasteiger partial charge in [-0.15, -0.1) is 11.3 Å². The van der Waals surface area contributed by atoms with Crippen molar-refractivity contribution in [3.8, 4) is 11.5 Å². The standard InChI is InChI=1S/C27H28N2O5S/c1-15(2)14-34-21-12-8-19(9-13-21)29-23(18-6-10-20(33-5)11-7-18)22(25(31)27(29)32)24(30)26-16(3)28-17(4)35-26/h6-13,15,23,31H,14H2,1-5H3. The molecule has 0 radical (unpaired) electrons. The van der Waals surface area contributed by atoms with Crippen molar-refractivity contribution in [2.75, 3.05) is 18.6 Å². The van der Waals surface area contributed by atoms with Crippen molar-refractivity contribution in [1.29, 1.82) is 0 Å². The Bertz CT molecular complexity index is 1280. The van der Waals surface area contributed by atoms with Crippen LogP contribution in [-0.2, 0) is 4.79 Å². The summed E-state index contributed by atoms with van der Waals surface area (Å²) >= 11 is 1.25. The van der Waals surface area contributed by atoms with Crippen LogP contribution in [0.1, 0.15) is 45.8 Å². The van der Waals surface area contributed by atoms with Crippen LogP contribution in [-0.4, -0.2) is 35.5 Å². The van der Waals surface area contributed by atoms with Crippen LogP contribution in [0.15, 0.2) is 59.9 Å². The van der Waals surface area contributed by atoms with Crippen molar-refractivity contribution in [2.45, 2.75) is 33.7 Å². The smallest absolute Gasteiger partial charge is 0.294 e. The summed E-state index contributed by atoms with van der Waals surface area (Å²) in [5.74, 6) is 0.109. The predicted molar refractivity (Wildman–Crippen MR) is 136 cm³/mol. The van der Waals surface area contributed by atoms with Crippen molar-refractivity contribution < 1.29 is 24.2 Å². The summed E-state index contributed by atoms with van der Waals surface area (Å²) in [6.07, 6.45) is 0. The number of aliphatic hydroxyl groups excluding tert-OH is 1. The summed E-state index contributed by atoms with van der Waals surface area (Å²) in [4.78, 5) is 33.2. The van der Waals surface area contributed by atoms with Crippen LogP contribution in [0.5, 0.6) is 11.5 Å². The molecule has 0 spiro atoms. The third-order valence-electron chi connectivity index (χ3n) is 5.69. The number of aromatic nitrogens is 1. The van der Waals surface area contributed by atoms with Gasteiger partial charge in [0, 0.05) is 5.69 Å². The highest BCUT2D eigenvalue weighted by atomic mass is 32.1. The highest BCUT2D eigenvalue weighted by Crippen LogP contribution is 2.43. The Hall–Kier alpha value is -3.65. The maximum atomic E-state index is 13.7. The monoisotopic (exact) mass is 492 g/mol. The molecule has 1 aliphatic rings. The molecular formula is C27H28N2O5S.